The van der Waals surface area contributed by atoms with Gasteiger partial charge in [0.25, 0.3) is 0 Å². The van der Waals surface area contributed by atoms with Crippen LogP contribution < -0.4 is 10.5 Å². The van der Waals surface area contributed by atoms with Crippen LogP contribution in [0.5, 0.6) is 5.75 Å². The molecule has 3 aromatic rings. The van der Waals surface area contributed by atoms with Crippen molar-refractivity contribution in [1.29, 1.82) is 0 Å². The maximum Gasteiger partial charge on any atom is 0.416 e. The normalized spacial score (nSPS) is 13.3. The Morgan fingerprint density at radius 2 is 1.89 bits per heavy atom. The van der Waals surface area contributed by atoms with Crippen LogP contribution >= 0.6 is 0 Å². The Morgan fingerprint density at radius 3 is 2.54 bits per heavy atom. The number of benzene rings is 2. The van der Waals surface area contributed by atoms with Gasteiger partial charge in [0.15, 0.2) is 0 Å². The zero-order valence-electron chi connectivity index (χ0n) is 16.1. The molecule has 0 spiro atoms. The highest BCUT2D eigenvalue weighted by Crippen LogP contribution is 2.33. The Bertz CT molecular complexity index is 963. The van der Waals surface area contributed by atoms with Crippen LogP contribution in [0.3, 0.4) is 0 Å². The number of imidazole rings is 1. The van der Waals surface area contributed by atoms with Crippen molar-refractivity contribution < 1.29 is 17.9 Å². The minimum Gasteiger partial charge on any atom is -0.497 e. The zero-order valence-corrected chi connectivity index (χ0v) is 16.1. The SMILES string of the molecule is COc1cccc(Cn2c([C@@H](N)CC(C)C)nc3cc(C(F)(F)F)ccc32)c1. The highest BCUT2D eigenvalue weighted by atomic mass is 19.4. The predicted molar refractivity (Wildman–Crippen MR) is 103 cm³/mol. The fourth-order valence-corrected chi connectivity index (χ4v) is 3.34. The van der Waals surface area contributed by atoms with Gasteiger partial charge in [-0.1, -0.05) is 26.0 Å². The number of hydrogen-bond donors (Lipinski definition) is 1. The molecule has 0 unspecified atom stereocenters. The number of methoxy groups -OCH3 is 1. The average molecular weight is 391 g/mol. The van der Waals surface area contributed by atoms with Gasteiger partial charge in [-0.25, -0.2) is 4.98 Å². The molecular formula is C21H24F3N3O. The fourth-order valence-electron chi connectivity index (χ4n) is 3.34. The molecule has 0 saturated carbocycles. The molecule has 0 radical (unpaired) electrons. The first-order valence-electron chi connectivity index (χ1n) is 9.15. The van der Waals surface area contributed by atoms with Crippen molar-refractivity contribution >= 4 is 11.0 Å². The molecule has 0 amide bonds. The number of alkyl halides is 3. The van der Waals surface area contributed by atoms with E-state index in [2.05, 4.69) is 18.8 Å². The molecule has 0 bridgehead atoms. The van der Waals surface area contributed by atoms with Crippen molar-refractivity contribution in [2.75, 3.05) is 7.11 Å². The minimum absolute atomic E-state index is 0.298. The summed E-state index contributed by atoms with van der Waals surface area (Å²) in [5, 5.41) is 0. The van der Waals surface area contributed by atoms with Gasteiger partial charge in [0.2, 0.25) is 0 Å². The molecule has 0 saturated heterocycles. The van der Waals surface area contributed by atoms with Crippen LogP contribution in [-0.2, 0) is 12.7 Å². The first kappa shape index (κ1) is 20.2. The molecule has 0 aliphatic rings. The van der Waals surface area contributed by atoms with Gasteiger partial charge < -0.3 is 15.0 Å². The average Bonchev–Trinajstić information content (AvgIpc) is 2.98. The van der Waals surface area contributed by atoms with E-state index in [0.29, 0.717) is 41.5 Å². The van der Waals surface area contributed by atoms with E-state index in [1.165, 1.54) is 6.07 Å². The summed E-state index contributed by atoms with van der Waals surface area (Å²) in [5.41, 5.74) is 7.53. The summed E-state index contributed by atoms with van der Waals surface area (Å²) in [5.74, 6) is 1.64. The Kier molecular flexibility index (Phi) is 5.65. The molecular weight excluding hydrogens is 367 g/mol. The molecule has 2 aromatic carbocycles. The second-order valence-corrected chi connectivity index (χ2v) is 7.34. The first-order valence-corrected chi connectivity index (χ1v) is 9.15. The van der Waals surface area contributed by atoms with Crippen LogP contribution in [-0.4, -0.2) is 16.7 Å². The molecule has 28 heavy (non-hydrogen) atoms. The maximum atomic E-state index is 13.1. The number of halogens is 3. The van der Waals surface area contributed by atoms with Gasteiger partial charge >= 0.3 is 6.18 Å². The summed E-state index contributed by atoms with van der Waals surface area (Å²) in [4.78, 5) is 4.49. The van der Waals surface area contributed by atoms with E-state index in [-0.39, 0.29) is 6.04 Å². The summed E-state index contributed by atoms with van der Waals surface area (Å²) >= 11 is 0. The summed E-state index contributed by atoms with van der Waals surface area (Å²) < 4.78 is 46.5. The zero-order chi connectivity index (χ0) is 20.5. The standard InChI is InChI=1S/C21H24F3N3O/c1-13(2)9-17(25)20-26-18-11-15(21(22,23)24)7-8-19(18)27(20)12-14-5-4-6-16(10-14)28-3/h4-8,10-11,13,17H,9,12,25H2,1-3H3/t17-/m0/s1. The van der Waals surface area contributed by atoms with Crippen LogP contribution in [0.2, 0.25) is 0 Å². The molecule has 0 fully saturated rings. The summed E-state index contributed by atoms with van der Waals surface area (Å²) in [6.45, 7) is 4.55. The number of aromatic nitrogens is 2. The van der Waals surface area contributed by atoms with Crippen molar-refractivity contribution in [1.82, 2.24) is 9.55 Å². The topological polar surface area (TPSA) is 53.1 Å². The summed E-state index contributed by atoms with van der Waals surface area (Å²) in [7, 11) is 1.59. The van der Waals surface area contributed by atoms with Crippen molar-refractivity contribution in [3.8, 4) is 5.75 Å². The third kappa shape index (κ3) is 4.30. The van der Waals surface area contributed by atoms with E-state index in [1.54, 1.807) is 7.11 Å². The lowest BCUT2D eigenvalue weighted by Gasteiger charge is -2.17. The quantitative estimate of drug-likeness (QED) is 0.632. The van der Waals surface area contributed by atoms with E-state index in [1.807, 2.05) is 28.8 Å². The molecule has 1 aromatic heterocycles. The van der Waals surface area contributed by atoms with Crippen molar-refractivity contribution in [3.63, 3.8) is 0 Å². The second-order valence-electron chi connectivity index (χ2n) is 7.34. The minimum atomic E-state index is -4.41. The highest BCUT2D eigenvalue weighted by molar-refractivity contribution is 5.77. The summed E-state index contributed by atoms with van der Waals surface area (Å²) in [6.07, 6.45) is -3.72. The third-order valence-electron chi connectivity index (χ3n) is 4.64. The monoisotopic (exact) mass is 391 g/mol. The number of nitrogens with zero attached hydrogens (tertiary/aromatic N) is 2. The Hall–Kier alpha value is -2.54. The van der Waals surface area contributed by atoms with Crippen molar-refractivity contribution in [2.45, 2.75) is 39.0 Å². The van der Waals surface area contributed by atoms with Crippen molar-refractivity contribution in [3.05, 3.63) is 59.4 Å². The molecule has 1 heterocycles. The van der Waals surface area contributed by atoms with Crippen LogP contribution in [0.25, 0.3) is 11.0 Å². The Labute approximate surface area is 162 Å². The second kappa shape index (κ2) is 7.83. The molecule has 1 atom stereocenters. The van der Waals surface area contributed by atoms with Crippen LogP contribution in [0, 0.1) is 5.92 Å². The lowest BCUT2D eigenvalue weighted by molar-refractivity contribution is -0.137. The van der Waals surface area contributed by atoms with E-state index in [4.69, 9.17) is 10.5 Å². The Balaban J connectivity index is 2.10. The van der Waals surface area contributed by atoms with Gasteiger partial charge in [-0.15, -0.1) is 0 Å². The first-order chi connectivity index (χ1) is 13.2. The predicted octanol–water partition coefficient (Wildman–Crippen LogP) is 5.16. The van der Waals surface area contributed by atoms with Gasteiger partial charge in [0.1, 0.15) is 11.6 Å². The lowest BCUT2D eigenvalue weighted by atomic mass is 10.0. The summed E-state index contributed by atoms with van der Waals surface area (Å²) in [6, 6.07) is 10.8. The fraction of sp³-hybridized carbons (Fsp3) is 0.381. The number of nitrogens with two attached hydrogens (primary N) is 1. The van der Waals surface area contributed by atoms with Gasteiger partial charge in [0, 0.05) is 6.54 Å². The van der Waals surface area contributed by atoms with Gasteiger partial charge in [0.05, 0.1) is 29.7 Å². The van der Waals surface area contributed by atoms with E-state index < -0.39 is 11.7 Å². The van der Waals surface area contributed by atoms with E-state index in [9.17, 15) is 13.2 Å². The van der Waals surface area contributed by atoms with Crippen LogP contribution in [0.4, 0.5) is 13.2 Å². The molecule has 3 rings (SSSR count). The van der Waals surface area contributed by atoms with Gasteiger partial charge in [-0.2, -0.15) is 13.2 Å². The molecule has 0 aliphatic heterocycles. The third-order valence-corrected chi connectivity index (χ3v) is 4.64. The molecule has 150 valence electrons. The number of hydrogen-bond acceptors (Lipinski definition) is 3. The smallest absolute Gasteiger partial charge is 0.416 e. The largest absolute Gasteiger partial charge is 0.497 e. The Morgan fingerprint density at radius 1 is 1.14 bits per heavy atom. The molecule has 2 N–H and O–H groups in total. The molecule has 7 heteroatoms. The number of fused-ring (bicyclic) bond motifs is 1. The lowest BCUT2D eigenvalue weighted by Crippen LogP contribution is -2.19. The van der Waals surface area contributed by atoms with Crippen LogP contribution in [0.1, 0.15) is 43.3 Å². The van der Waals surface area contributed by atoms with E-state index >= 15 is 0 Å². The number of rotatable bonds is 6. The van der Waals surface area contributed by atoms with E-state index in [0.717, 1.165) is 17.7 Å². The molecule has 0 aliphatic carbocycles. The van der Waals surface area contributed by atoms with Crippen LogP contribution in [0.15, 0.2) is 42.5 Å². The maximum absolute atomic E-state index is 13.1. The van der Waals surface area contributed by atoms with Gasteiger partial charge in [-0.3, -0.25) is 0 Å². The highest BCUT2D eigenvalue weighted by Gasteiger charge is 2.31. The number of ether oxygens (including phenoxy) is 1. The van der Waals surface area contributed by atoms with Gasteiger partial charge in [-0.05, 0) is 48.2 Å². The molecule has 4 nitrogen and oxygen atoms in total. The van der Waals surface area contributed by atoms with Crippen molar-refractivity contribution in [2.24, 2.45) is 11.7 Å².